The van der Waals surface area contributed by atoms with Gasteiger partial charge in [0.2, 0.25) is 11.7 Å². The van der Waals surface area contributed by atoms with Crippen LogP contribution in [0.4, 0.5) is 4.39 Å². The number of hydrogen-bond acceptors (Lipinski definition) is 6. The van der Waals surface area contributed by atoms with Crippen LogP contribution in [0.25, 0.3) is 0 Å². The second-order valence-corrected chi connectivity index (χ2v) is 7.21. The van der Waals surface area contributed by atoms with E-state index in [2.05, 4.69) is 41.0 Å². The van der Waals surface area contributed by atoms with Gasteiger partial charge in [-0.1, -0.05) is 5.16 Å². The summed E-state index contributed by atoms with van der Waals surface area (Å²) in [6, 6.07) is 10.4. The van der Waals surface area contributed by atoms with E-state index in [4.69, 9.17) is 9.26 Å². The molecule has 0 aliphatic carbocycles. The third-order valence-electron chi connectivity index (χ3n) is 3.91. The van der Waals surface area contributed by atoms with Gasteiger partial charge in [-0.05, 0) is 57.3 Å². The Kier molecular flexibility index (Phi) is 5.45. The summed E-state index contributed by atoms with van der Waals surface area (Å²) in [4.78, 5) is 9.11. The van der Waals surface area contributed by atoms with Gasteiger partial charge in [0.25, 0.3) is 0 Å². The Morgan fingerprint density at radius 2 is 2.00 bits per heavy atom. The lowest BCUT2D eigenvalue weighted by atomic mass is 10.2. The van der Waals surface area contributed by atoms with E-state index in [1.165, 1.54) is 21.9 Å². The zero-order chi connectivity index (χ0) is 17.8. The fourth-order valence-electron chi connectivity index (χ4n) is 2.34. The number of ether oxygens (including phenoxy) is 1. The number of hydrogen-bond donors (Lipinski definition) is 0. The number of thiophene rings is 1. The van der Waals surface area contributed by atoms with E-state index in [-0.39, 0.29) is 18.5 Å². The van der Waals surface area contributed by atoms with Crippen molar-refractivity contribution in [2.75, 3.05) is 7.05 Å². The van der Waals surface area contributed by atoms with Crippen molar-refractivity contribution in [3.05, 3.63) is 63.7 Å². The Labute approximate surface area is 150 Å². The highest BCUT2D eigenvalue weighted by Crippen LogP contribution is 2.27. The highest BCUT2D eigenvalue weighted by atomic mass is 32.1. The van der Waals surface area contributed by atoms with Crippen LogP contribution >= 0.6 is 11.3 Å². The normalized spacial score (nSPS) is 12.5. The number of nitrogens with zero attached hydrogens (tertiary/aromatic N) is 3. The molecular formula is C18H20FN3O2S. The van der Waals surface area contributed by atoms with Crippen molar-refractivity contribution in [3.8, 4) is 5.75 Å². The van der Waals surface area contributed by atoms with Crippen LogP contribution in [-0.2, 0) is 13.2 Å². The van der Waals surface area contributed by atoms with Gasteiger partial charge in [-0.2, -0.15) is 4.98 Å². The molecular weight excluding hydrogens is 341 g/mol. The lowest BCUT2D eigenvalue weighted by Gasteiger charge is -2.21. The van der Waals surface area contributed by atoms with Crippen molar-refractivity contribution in [2.45, 2.75) is 33.0 Å². The van der Waals surface area contributed by atoms with E-state index < -0.39 is 0 Å². The minimum atomic E-state index is -0.299. The molecule has 132 valence electrons. The molecule has 1 aromatic carbocycles. The average Bonchev–Trinajstić information content (AvgIpc) is 3.22. The van der Waals surface area contributed by atoms with Crippen LogP contribution in [0.5, 0.6) is 5.75 Å². The van der Waals surface area contributed by atoms with E-state index in [9.17, 15) is 4.39 Å². The van der Waals surface area contributed by atoms with Crippen molar-refractivity contribution < 1.29 is 13.7 Å². The van der Waals surface area contributed by atoms with Gasteiger partial charge >= 0.3 is 0 Å². The molecule has 0 spiro atoms. The van der Waals surface area contributed by atoms with Gasteiger partial charge in [-0.15, -0.1) is 11.3 Å². The average molecular weight is 361 g/mol. The number of aromatic nitrogens is 2. The Morgan fingerprint density at radius 3 is 2.68 bits per heavy atom. The maximum atomic E-state index is 12.9. The first-order valence-electron chi connectivity index (χ1n) is 7.97. The number of rotatable bonds is 7. The molecule has 0 amide bonds. The summed E-state index contributed by atoms with van der Waals surface area (Å²) in [5.41, 5.74) is 0. The summed E-state index contributed by atoms with van der Waals surface area (Å²) in [5.74, 6) is 1.27. The molecule has 5 nitrogen and oxygen atoms in total. The molecule has 0 aliphatic heterocycles. The largest absolute Gasteiger partial charge is 0.485 e. The zero-order valence-corrected chi connectivity index (χ0v) is 15.2. The summed E-state index contributed by atoms with van der Waals surface area (Å²) in [6.45, 7) is 4.99. The molecule has 25 heavy (non-hydrogen) atoms. The van der Waals surface area contributed by atoms with Gasteiger partial charge in [0, 0.05) is 15.8 Å². The molecule has 0 fully saturated rings. The highest BCUT2D eigenvalue weighted by molar-refractivity contribution is 7.12. The van der Waals surface area contributed by atoms with E-state index >= 15 is 0 Å². The molecule has 1 atom stereocenters. The van der Waals surface area contributed by atoms with E-state index in [0.29, 0.717) is 24.0 Å². The van der Waals surface area contributed by atoms with Crippen LogP contribution in [0.2, 0.25) is 0 Å². The first-order valence-corrected chi connectivity index (χ1v) is 8.79. The maximum absolute atomic E-state index is 12.9. The fourth-order valence-corrected chi connectivity index (χ4v) is 3.33. The van der Waals surface area contributed by atoms with Crippen LogP contribution in [-0.4, -0.2) is 22.1 Å². The van der Waals surface area contributed by atoms with Crippen molar-refractivity contribution in [1.82, 2.24) is 15.0 Å². The van der Waals surface area contributed by atoms with Gasteiger partial charge in [0.05, 0.1) is 6.54 Å². The molecule has 0 unspecified atom stereocenters. The van der Waals surface area contributed by atoms with Crippen LogP contribution < -0.4 is 4.74 Å². The van der Waals surface area contributed by atoms with Gasteiger partial charge in [-0.3, -0.25) is 4.90 Å². The molecule has 0 N–H and O–H groups in total. The number of aryl methyl sites for hydroxylation is 1. The fraction of sp³-hybridized carbons (Fsp3) is 0.333. The molecule has 3 rings (SSSR count). The molecule has 0 aliphatic rings. The maximum Gasteiger partial charge on any atom is 0.240 e. The third-order valence-corrected chi connectivity index (χ3v) is 5.08. The first-order chi connectivity index (χ1) is 12.0. The van der Waals surface area contributed by atoms with Crippen LogP contribution in [0, 0.1) is 12.7 Å². The molecule has 2 aromatic heterocycles. The molecule has 2 heterocycles. The Bertz CT molecular complexity index is 816. The molecule has 0 radical (unpaired) electrons. The summed E-state index contributed by atoms with van der Waals surface area (Å²) in [7, 11) is 2.03. The Hall–Kier alpha value is -2.25. The first kappa shape index (κ1) is 17.6. The van der Waals surface area contributed by atoms with Crippen molar-refractivity contribution >= 4 is 11.3 Å². The van der Waals surface area contributed by atoms with Crippen molar-refractivity contribution in [3.63, 3.8) is 0 Å². The molecule has 7 heteroatoms. The van der Waals surface area contributed by atoms with Gasteiger partial charge in [-0.25, -0.2) is 4.39 Å². The summed E-state index contributed by atoms with van der Waals surface area (Å²) >= 11 is 1.79. The lowest BCUT2D eigenvalue weighted by molar-refractivity contribution is 0.218. The topological polar surface area (TPSA) is 51.4 Å². The van der Waals surface area contributed by atoms with Gasteiger partial charge < -0.3 is 9.26 Å². The SMILES string of the molecule is Cc1ccc([C@H](C)N(C)Cc2nc(COc3ccc(F)cc3)no2)s1. The Balaban J connectivity index is 1.54. The lowest BCUT2D eigenvalue weighted by Crippen LogP contribution is -2.21. The smallest absolute Gasteiger partial charge is 0.240 e. The van der Waals surface area contributed by atoms with E-state index in [1.54, 1.807) is 23.5 Å². The summed E-state index contributed by atoms with van der Waals surface area (Å²) < 4.78 is 23.7. The predicted molar refractivity (Wildman–Crippen MR) is 94.0 cm³/mol. The second-order valence-electron chi connectivity index (χ2n) is 5.89. The van der Waals surface area contributed by atoms with Gasteiger partial charge in [0.15, 0.2) is 6.61 Å². The zero-order valence-electron chi connectivity index (χ0n) is 14.4. The molecule has 0 bridgehead atoms. The second kappa shape index (κ2) is 7.76. The number of benzene rings is 1. The van der Waals surface area contributed by atoms with Crippen molar-refractivity contribution in [1.29, 1.82) is 0 Å². The molecule has 0 saturated carbocycles. The molecule has 3 aromatic rings. The number of halogens is 1. The predicted octanol–water partition coefficient (Wildman–Crippen LogP) is 4.35. The standard InChI is InChI=1S/C18H20FN3O2S/c1-12-4-9-16(25-12)13(2)22(3)10-18-20-17(21-24-18)11-23-15-7-5-14(19)6-8-15/h4-9,13H,10-11H2,1-3H3/t13-/m0/s1. The van der Waals surface area contributed by atoms with Gasteiger partial charge in [0.1, 0.15) is 11.6 Å². The van der Waals surface area contributed by atoms with Crippen LogP contribution in [0.1, 0.15) is 34.4 Å². The summed E-state index contributed by atoms with van der Waals surface area (Å²) in [5, 5.41) is 3.93. The minimum Gasteiger partial charge on any atom is -0.485 e. The van der Waals surface area contributed by atoms with E-state index in [0.717, 1.165) is 0 Å². The minimum absolute atomic E-state index is 0.179. The van der Waals surface area contributed by atoms with Crippen LogP contribution in [0.15, 0.2) is 40.9 Å². The van der Waals surface area contributed by atoms with Crippen LogP contribution in [0.3, 0.4) is 0 Å². The Morgan fingerprint density at radius 1 is 1.24 bits per heavy atom. The van der Waals surface area contributed by atoms with E-state index in [1.807, 2.05) is 7.05 Å². The highest BCUT2D eigenvalue weighted by Gasteiger charge is 2.17. The summed E-state index contributed by atoms with van der Waals surface area (Å²) in [6.07, 6.45) is 0. The quantitative estimate of drug-likeness (QED) is 0.626. The molecule has 0 saturated heterocycles. The monoisotopic (exact) mass is 361 g/mol. The van der Waals surface area contributed by atoms with Crippen molar-refractivity contribution in [2.24, 2.45) is 0 Å². The third kappa shape index (κ3) is 4.64.